The second-order valence-corrected chi connectivity index (χ2v) is 6.05. The molecule has 2 aromatic carbocycles. The van der Waals surface area contributed by atoms with Crippen LogP contribution in [0.3, 0.4) is 0 Å². The maximum Gasteiger partial charge on any atom is 0.228 e. The molecule has 0 unspecified atom stereocenters. The van der Waals surface area contributed by atoms with Crippen molar-refractivity contribution in [1.82, 2.24) is 5.32 Å². The van der Waals surface area contributed by atoms with E-state index in [0.29, 0.717) is 31.1 Å². The van der Waals surface area contributed by atoms with E-state index in [0.717, 1.165) is 25.3 Å². The van der Waals surface area contributed by atoms with Gasteiger partial charge in [-0.3, -0.25) is 4.79 Å². The van der Waals surface area contributed by atoms with E-state index < -0.39 is 0 Å². The fraction of sp³-hybridized carbons (Fsp3) is 0.286. The molecule has 0 aromatic heterocycles. The smallest absolute Gasteiger partial charge is 0.228 e. The Morgan fingerprint density at radius 1 is 1.00 bits per heavy atom. The molecule has 0 atom stereocenters. The number of nitrogens with one attached hydrogen (secondary N) is 2. The molecule has 144 valence electrons. The highest BCUT2D eigenvalue weighted by Crippen LogP contribution is 2.24. The van der Waals surface area contributed by atoms with E-state index in [-0.39, 0.29) is 18.3 Å². The van der Waals surface area contributed by atoms with Crippen LogP contribution in [-0.4, -0.2) is 32.2 Å². The van der Waals surface area contributed by atoms with Crippen LogP contribution in [0.2, 0.25) is 0 Å². The van der Waals surface area contributed by atoms with Crippen LogP contribution in [-0.2, 0) is 4.79 Å². The Labute approximate surface area is 166 Å². The Hall–Kier alpha value is -2.50. The molecule has 0 saturated carbocycles. The van der Waals surface area contributed by atoms with Gasteiger partial charge in [-0.1, -0.05) is 42.0 Å². The standard InChI is InChI=1S/C21H24N2O3.ClH/c24-21(16-17-10-12-22-13-11-17)23-19-8-4-5-9-20(19)26-15-14-25-18-6-2-1-3-7-18;/h1-10,22H,11-16H2,(H,23,24);1H. The van der Waals surface area contributed by atoms with Gasteiger partial charge >= 0.3 is 0 Å². The van der Waals surface area contributed by atoms with Gasteiger partial charge in [-0.2, -0.15) is 0 Å². The first-order chi connectivity index (χ1) is 12.8. The van der Waals surface area contributed by atoms with Crippen LogP contribution in [0.15, 0.2) is 66.2 Å². The Bertz CT molecular complexity index is 750. The first-order valence-electron chi connectivity index (χ1n) is 8.89. The normalized spacial score (nSPS) is 13.1. The zero-order valence-electron chi connectivity index (χ0n) is 15.1. The highest BCUT2D eigenvalue weighted by Gasteiger charge is 2.11. The number of halogens is 1. The van der Waals surface area contributed by atoms with Crippen LogP contribution >= 0.6 is 12.4 Å². The van der Waals surface area contributed by atoms with Crippen molar-refractivity contribution < 1.29 is 14.3 Å². The molecule has 0 radical (unpaired) electrons. The van der Waals surface area contributed by atoms with Crippen LogP contribution in [0.5, 0.6) is 11.5 Å². The molecule has 0 saturated heterocycles. The molecule has 2 N–H and O–H groups in total. The summed E-state index contributed by atoms with van der Waals surface area (Å²) in [6, 6.07) is 17.1. The molecular weight excluding hydrogens is 364 g/mol. The zero-order valence-corrected chi connectivity index (χ0v) is 16.0. The average molecular weight is 389 g/mol. The molecule has 5 nitrogen and oxygen atoms in total. The Balaban J connectivity index is 0.00000261. The summed E-state index contributed by atoms with van der Waals surface area (Å²) < 4.78 is 11.4. The molecule has 1 heterocycles. The first-order valence-corrected chi connectivity index (χ1v) is 8.89. The van der Waals surface area contributed by atoms with Crippen LogP contribution < -0.4 is 20.1 Å². The molecule has 1 aliphatic rings. The van der Waals surface area contributed by atoms with E-state index in [9.17, 15) is 4.79 Å². The molecule has 2 aromatic rings. The highest BCUT2D eigenvalue weighted by molar-refractivity contribution is 5.93. The maximum absolute atomic E-state index is 12.3. The van der Waals surface area contributed by atoms with Crippen molar-refractivity contribution in [2.75, 3.05) is 31.6 Å². The predicted molar refractivity (Wildman–Crippen MR) is 110 cm³/mol. The van der Waals surface area contributed by atoms with Gasteiger partial charge in [-0.05, 0) is 37.2 Å². The third-order valence-electron chi connectivity index (χ3n) is 4.06. The number of carbonyl (C=O) groups is 1. The van der Waals surface area contributed by atoms with Gasteiger partial charge < -0.3 is 20.1 Å². The maximum atomic E-state index is 12.3. The van der Waals surface area contributed by atoms with E-state index in [1.165, 1.54) is 5.57 Å². The van der Waals surface area contributed by atoms with Crippen molar-refractivity contribution in [3.8, 4) is 11.5 Å². The number of rotatable bonds is 8. The predicted octanol–water partition coefficient (Wildman–Crippen LogP) is 3.81. The van der Waals surface area contributed by atoms with Crippen molar-refractivity contribution in [2.45, 2.75) is 12.8 Å². The molecule has 6 heteroatoms. The summed E-state index contributed by atoms with van der Waals surface area (Å²) in [4.78, 5) is 12.3. The highest BCUT2D eigenvalue weighted by atomic mass is 35.5. The number of benzene rings is 2. The summed E-state index contributed by atoms with van der Waals surface area (Å²) in [6.45, 7) is 2.61. The lowest BCUT2D eigenvalue weighted by Crippen LogP contribution is -2.23. The van der Waals surface area contributed by atoms with Crippen molar-refractivity contribution in [2.24, 2.45) is 0 Å². The lowest BCUT2D eigenvalue weighted by molar-refractivity contribution is -0.115. The molecule has 1 aliphatic heterocycles. The third-order valence-corrected chi connectivity index (χ3v) is 4.06. The molecular formula is C21H25ClN2O3. The summed E-state index contributed by atoms with van der Waals surface area (Å²) >= 11 is 0. The monoisotopic (exact) mass is 388 g/mol. The number of hydrogen-bond donors (Lipinski definition) is 2. The molecule has 0 spiro atoms. The minimum Gasteiger partial charge on any atom is -0.490 e. The molecule has 0 aliphatic carbocycles. The van der Waals surface area contributed by atoms with Crippen LogP contribution in [0, 0.1) is 0 Å². The summed E-state index contributed by atoms with van der Waals surface area (Å²) in [5.41, 5.74) is 1.86. The summed E-state index contributed by atoms with van der Waals surface area (Å²) in [6.07, 6.45) is 3.43. The van der Waals surface area contributed by atoms with Crippen molar-refractivity contribution in [3.63, 3.8) is 0 Å². The Morgan fingerprint density at radius 2 is 1.74 bits per heavy atom. The van der Waals surface area contributed by atoms with E-state index in [4.69, 9.17) is 9.47 Å². The molecule has 3 rings (SSSR count). The van der Waals surface area contributed by atoms with E-state index in [2.05, 4.69) is 16.7 Å². The van der Waals surface area contributed by atoms with E-state index in [1.807, 2.05) is 54.6 Å². The number of ether oxygens (including phenoxy) is 2. The van der Waals surface area contributed by atoms with E-state index in [1.54, 1.807) is 0 Å². The van der Waals surface area contributed by atoms with Crippen molar-refractivity contribution in [1.29, 1.82) is 0 Å². The first kappa shape index (κ1) is 20.8. The second kappa shape index (κ2) is 11.3. The van der Waals surface area contributed by atoms with Gasteiger partial charge in [0, 0.05) is 13.0 Å². The number of amides is 1. The fourth-order valence-electron chi connectivity index (χ4n) is 2.75. The second-order valence-electron chi connectivity index (χ2n) is 6.05. The van der Waals surface area contributed by atoms with Gasteiger partial charge in [0.15, 0.2) is 0 Å². The summed E-state index contributed by atoms with van der Waals surface area (Å²) in [5.74, 6) is 1.44. The molecule has 0 bridgehead atoms. The zero-order chi connectivity index (χ0) is 18.0. The van der Waals surface area contributed by atoms with Gasteiger partial charge in [-0.15, -0.1) is 12.4 Å². The lowest BCUT2D eigenvalue weighted by atomic mass is 10.1. The van der Waals surface area contributed by atoms with Gasteiger partial charge in [0.05, 0.1) is 5.69 Å². The SMILES string of the molecule is Cl.O=C(CC1=CCNCC1)Nc1ccccc1OCCOc1ccccc1. The number of para-hydroxylation sites is 3. The van der Waals surface area contributed by atoms with E-state index >= 15 is 0 Å². The summed E-state index contributed by atoms with van der Waals surface area (Å²) in [7, 11) is 0. The van der Waals surface area contributed by atoms with Crippen LogP contribution in [0.1, 0.15) is 12.8 Å². The van der Waals surface area contributed by atoms with Gasteiger partial charge in [0.2, 0.25) is 5.91 Å². The van der Waals surface area contributed by atoms with Gasteiger partial charge in [-0.25, -0.2) is 0 Å². The summed E-state index contributed by atoms with van der Waals surface area (Å²) in [5, 5.41) is 6.20. The van der Waals surface area contributed by atoms with Crippen LogP contribution in [0.4, 0.5) is 5.69 Å². The minimum atomic E-state index is -0.0188. The lowest BCUT2D eigenvalue weighted by Gasteiger charge is -2.15. The largest absolute Gasteiger partial charge is 0.490 e. The number of carbonyl (C=O) groups excluding carboxylic acids is 1. The minimum absolute atomic E-state index is 0. The van der Waals surface area contributed by atoms with Crippen molar-refractivity contribution in [3.05, 3.63) is 66.2 Å². The topological polar surface area (TPSA) is 59.6 Å². The average Bonchev–Trinajstić information content (AvgIpc) is 2.68. The van der Waals surface area contributed by atoms with Crippen molar-refractivity contribution >= 4 is 24.0 Å². The quantitative estimate of drug-likeness (QED) is 0.533. The molecule has 0 fully saturated rings. The fourth-order valence-corrected chi connectivity index (χ4v) is 2.75. The van der Waals surface area contributed by atoms with Crippen LogP contribution in [0.25, 0.3) is 0 Å². The van der Waals surface area contributed by atoms with Gasteiger partial charge in [0.1, 0.15) is 24.7 Å². The van der Waals surface area contributed by atoms with Gasteiger partial charge in [0.25, 0.3) is 0 Å². The molecule has 1 amide bonds. The third kappa shape index (κ3) is 6.96. The Kier molecular flexibility index (Phi) is 8.68. The number of anilines is 1. The molecule has 27 heavy (non-hydrogen) atoms. The Morgan fingerprint density at radius 3 is 2.52 bits per heavy atom. The number of hydrogen-bond acceptors (Lipinski definition) is 4.